The molecule has 0 heterocycles. The van der Waals surface area contributed by atoms with Crippen LogP contribution in [0.25, 0.3) is 0 Å². The van der Waals surface area contributed by atoms with E-state index in [1.54, 1.807) is 19.1 Å². The summed E-state index contributed by atoms with van der Waals surface area (Å²) < 4.78 is 15.5. The van der Waals surface area contributed by atoms with Gasteiger partial charge in [0.25, 0.3) is 0 Å². The maximum atomic E-state index is 11.3. The molecule has 1 aromatic rings. The third kappa shape index (κ3) is 2.66. The fourth-order valence-corrected chi connectivity index (χ4v) is 1.30. The normalized spacial score (nSPS) is 9.75. The number of esters is 1. The van der Waals surface area contributed by atoms with Gasteiger partial charge in [-0.1, -0.05) is 6.92 Å². The Kier molecular flexibility index (Phi) is 4.17. The van der Waals surface area contributed by atoms with E-state index in [0.717, 1.165) is 5.56 Å². The molecule has 0 aliphatic rings. The van der Waals surface area contributed by atoms with Crippen LogP contribution in [0.3, 0.4) is 0 Å². The summed E-state index contributed by atoms with van der Waals surface area (Å²) in [4.78, 5) is 11.3. The minimum absolute atomic E-state index is 0.306. The van der Waals surface area contributed by atoms with Gasteiger partial charge in [0.2, 0.25) is 5.75 Å². The Hall–Kier alpha value is -1.71. The Labute approximate surface area is 95.1 Å². The van der Waals surface area contributed by atoms with Crippen molar-refractivity contribution in [1.29, 1.82) is 0 Å². The number of carbonyl (C=O) groups is 1. The quantitative estimate of drug-likeness (QED) is 0.581. The maximum Gasteiger partial charge on any atom is 0.311 e. The molecule has 4 nitrogen and oxygen atoms in total. The molecule has 0 bridgehead atoms. The molecular weight excluding hydrogens is 208 g/mol. The van der Waals surface area contributed by atoms with Gasteiger partial charge in [-0.3, -0.25) is 4.79 Å². The largest absolute Gasteiger partial charge is 0.493 e. The molecule has 0 aromatic heterocycles. The van der Waals surface area contributed by atoms with Gasteiger partial charge in [-0.15, -0.1) is 0 Å². The molecule has 0 amide bonds. The van der Waals surface area contributed by atoms with E-state index in [0.29, 0.717) is 23.7 Å². The van der Waals surface area contributed by atoms with Crippen molar-refractivity contribution in [3.8, 4) is 17.2 Å². The molecule has 0 aliphatic heterocycles. The minimum atomic E-state index is -0.319. The van der Waals surface area contributed by atoms with Gasteiger partial charge in [0.1, 0.15) is 0 Å². The minimum Gasteiger partial charge on any atom is -0.493 e. The summed E-state index contributed by atoms with van der Waals surface area (Å²) in [5.41, 5.74) is 0.977. The highest BCUT2D eigenvalue weighted by molar-refractivity contribution is 5.74. The SMILES string of the molecule is CCC(=O)Oc1c(OC)cc(C)cc1OC. The molecule has 0 N–H and O–H groups in total. The van der Waals surface area contributed by atoms with Gasteiger partial charge in [-0.25, -0.2) is 0 Å². The number of carbonyl (C=O) groups excluding carboxylic acids is 1. The maximum absolute atomic E-state index is 11.3. The van der Waals surface area contributed by atoms with Crippen molar-refractivity contribution < 1.29 is 19.0 Å². The zero-order chi connectivity index (χ0) is 12.1. The first-order valence-electron chi connectivity index (χ1n) is 5.05. The molecule has 0 radical (unpaired) electrons. The van der Waals surface area contributed by atoms with Crippen LogP contribution in [0.1, 0.15) is 18.9 Å². The third-order valence-corrected chi connectivity index (χ3v) is 2.11. The monoisotopic (exact) mass is 224 g/mol. The molecule has 0 fully saturated rings. The van der Waals surface area contributed by atoms with E-state index in [1.807, 2.05) is 6.92 Å². The molecule has 4 heteroatoms. The number of ether oxygens (including phenoxy) is 3. The van der Waals surface area contributed by atoms with Gasteiger partial charge < -0.3 is 14.2 Å². The molecular formula is C12H16O4. The van der Waals surface area contributed by atoms with Crippen LogP contribution < -0.4 is 14.2 Å². The summed E-state index contributed by atoms with van der Waals surface area (Å²) >= 11 is 0. The highest BCUT2D eigenvalue weighted by atomic mass is 16.6. The first-order valence-corrected chi connectivity index (χ1v) is 5.05. The summed E-state index contributed by atoms with van der Waals surface area (Å²) in [5, 5.41) is 0. The number of aryl methyl sites for hydroxylation is 1. The van der Waals surface area contributed by atoms with Gasteiger partial charge in [0.15, 0.2) is 11.5 Å². The van der Waals surface area contributed by atoms with Crippen molar-refractivity contribution in [3.63, 3.8) is 0 Å². The van der Waals surface area contributed by atoms with Crippen molar-refractivity contribution in [2.45, 2.75) is 20.3 Å². The first-order chi connectivity index (χ1) is 7.62. The number of hydrogen-bond donors (Lipinski definition) is 0. The van der Waals surface area contributed by atoms with Crippen LogP contribution in [-0.4, -0.2) is 20.2 Å². The van der Waals surface area contributed by atoms with Gasteiger partial charge >= 0.3 is 5.97 Å². The lowest BCUT2D eigenvalue weighted by molar-refractivity contribution is -0.134. The van der Waals surface area contributed by atoms with Crippen LogP contribution in [0.15, 0.2) is 12.1 Å². The fourth-order valence-electron chi connectivity index (χ4n) is 1.30. The number of hydrogen-bond acceptors (Lipinski definition) is 4. The van der Waals surface area contributed by atoms with E-state index in [1.165, 1.54) is 14.2 Å². The molecule has 0 aliphatic carbocycles. The van der Waals surface area contributed by atoms with Crippen molar-refractivity contribution in [2.24, 2.45) is 0 Å². The first kappa shape index (κ1) is 12.4. The second-order valence-electron chi connectivity index (χ2n) is 3.33. The zero-order valence-electron chi connectivity index (χ0n) is 9.99. The summed E-state index contributed by atoms with van der Waals surface area (Å²) in [6, 6.07) is 3.58. The summed E-state index contributed by atoms with van der Waals surface area (Å²) in [6.45, 7) is 3.64. The highest BCUT2D eigenvalue weighted by Crippen LogP contribution is 2.38. The van der Waals surface area contributed by atoms with Gasteiger partial charge in [-0.2, -0.15) is 0 Å². The van der Waals surface area contributed by atoms with Crippen LogP contribution in [0.2, 0.25) is 0 Å². The third-order valence-electron chi connectivity index (χ3n) is 2.11. The van der Waals surface area contributed by atoms with Gasteiger partial charge in [-0.05, 0) is 24.6 Å². The smallest absolute Gasteiger partial charge is 0.311 e. The Morgan fingerprint density at radius 3 is 2.06 bits per heavy atom. The zero-order valence-corrected chi connectivity index (χ0v) is 9.99. The van der Waals surface area contributed by atoms with Crippen LogP contribution in [0.4, 0.5) is 0 Å². The number of rotatable bonds is 4. The van der Waals surface area contributed by atoms with E-state index >= 15 is 0 Å². The molecule has 0 spiro atoms. The van der Waals surface area contributed by atoms with Crippen LogP contribution >= 0.6 is 0 Å². The summed E-state index contributed by atoms with van der Waals surface area (Å²) in [6.07, 6.45) is 0.306. The second-order valence-corrected chi connectivity index (χ2v) is 3.33. The molecule has 0 unspecified atom stereocenters. The topological polar surface area (TPSA) is 44.8 Å². The Bertz CT molecular complexity index is 360. The summed E-state index contributed by atoms with van der Waals surface area (Å²) in [7, 11) is 3.05. The van der Waals surface area contributed by atoms with Crippen LogP contribution in [-0.2, 0) is 4.79 Å². The average Bonchev–Trinajstić information content (AvgIpc) is 2.30. The van der Waals surface area contributed by atoms with E-state index in [-0.39, 0.29) is 5.97 Å². The van der Waals surface area contributed by atoms with Crippen LogP contribution in [0, 0.1) is 6.92 Å². The van der Waals surface area contributed by atoms with Crippen molar-refractivity contribution in [3.05, 3.63) is 17.7 Å². The predicted octanol–water partition coefficient (Wildman–Crippen LogP) is 2.33. The van der Waals surface area contributed by atoms with E-state index in [2.05, 4.69) is 0 Å². The Balaban J connectivity index is 3.16. The molecule has 16 heavy (non-hydrogen) atoms. The van der Waals surface area contributed by atoms with Gasteiger partial charge in [0.05, 0.1) is 14.2 Å². The lowest BCUT2D eigenvalue weighted by Crippen LogP contribution is -2.08. The van der Waals surface area contributed by atoms with E-state index in [4.69, 9.17) is 14.2 Å². The van der Waals surface area contributed by atoms with Crippen molar-refractivity contribution >= 4 is 5.97 Å². The average molecular weight is 224 g/mol. The Morgan fingerprint density at radius 1 is 1.19 bits per heavy atom. The lowest BCUT2D eigenvalue weighted by Gasteiger charge is -2.13. The second kappa shape index (κ2) is 5.39. The fraction of sp³-hybridized carbons (Fsp3) is 0.417. The molecule has 0 saturated carbocycles. The standard InChI is InChI=1S/C12H16O4/c1-5-11(13)16-12-9(14-3)6-8(2)7-10(12)15-4/h6-7H,5H2,1-4H3. The molecule has 0 saturated heterocycles. The highest BCUT2D eigenvalue weighted by Gasteiger charge is 2.15. The molecule has 88 valence electrons. The van der Waals surface area contributed by atoms with Crippen molar-refractivity contribution in [1.82, 2.24) is 0 Å². The summed E-state index contributed by atoms with van der Waals surface area (Å²) in [5.74, 6) is 1.01. The molecule has 0 atom stereocenters. The van der Waals surface area contributed by atoms with Crippen LogP contribution in [0.5, 0.6) is 17.2 Å². The molecule has 1 aromatic carbocycles. The predicted molar refractivity (Wildman–Crippen MR) is 60.2 cm³/mol. The van der Waals surface area contributed by atoms with Crippen molar-refractivity contribution in [2.75, 3.05) is 14.2 Å². The lowest BCUT2D eigenvalue weighted by atomic mass is 10.2. The number of methoxy groups -OCH3 is 2. The number of benzene rings is 1. The van der Waals surface area contributed by atoms with E-state index < -0.39 is 0 Å². The van der Waals surface area contributed by atoms with Gasteiger partial charge in [0, 0.05) is 6.42 Å². The van der Waals surface area contributed by atoms with E-state index in [9.17, 15) is 4.79 Å². The molecule has 1 rings (SSSR count). The Morgan fingerprint density at radius 2 is 1.69 bits per heavy atom.